The van der Waals surface area contributed by atoms with E-state index in [1.807, 2.05) is 0 Å². The third-order valence-corrected chi connectivity index (χ3v) is 2.79. The van der Waals surface area contributed by atoms with Gasteiger partial charge in [0.15, 0.2) is 0 Å². The standard InChI is InChI=1S/C10H16N2O3/c1-2-3-7-4-5-12(10(14)15)8(6-7)9(11)13/h2,7-8H,1,3-6H2,(H2,11,13)(H,14,15). The van der Waals surface area contributed by atoms with Gasteiger partial charge in [-0.25, -0.2) is 4.79 Å². The van der Waals surface area contributed by atoms with Crippen molar-refractivity contribution in [2.75, 3.05) is 6.54 Å². The molecule has 5 heteroatoms. The van der Waals surface area contributed by atoms with E-state index in [9.17, 15) is 9.59 Å². The summed E-state index contributed by atoms with van der Waals surface area (Å²) in [5.74, 6) is -0.248. The molecule has 1 rings (SSSR count). The van der Waals surface area contributed by atoms with Gasteiger partial charge in [0.05, 0.1) is 0 Å². The smallest absolute Gasteiger partial charge is 0.407 e. The normalized spacial score (nSPS) is 26.0. The molecule has 1 heterocycles. The molecule has 2 amide bonds. The van der Waals surface area contributed by atoms with Crippen LogP contribution in [0.5, 0.6) is 0 Å². The Hall–Kier alpha value is -1.52. The van der Waals surface area contributed by atoms with Gasteiger partial charge < -0.3 is 10.8 Å². The van der Waals surface area contributed by atoms with Crippen molar-refractivity contribution >= 4 is 12.0 Å². The number of hydrogen-bond donors (Lipinski definition) is 2. The summed E-state index contributed by atoms with van der Waals surface area (Å²) in [5.41, 5.74) is 5.18. The van der Waals surface area contributed by atoms with E-state index in [-0.39, 0.29) is 0 Å². The van der Waals surface area contributed by atoms with Crippen LogP contribution < -0.4 is 5.73 Å². The highest BCUT2D eigenvalue weighted by atomic mass is 16.4. The lowest BCUT2D eigenvalue weighted by atomic mass is 9.88. The summed E-state index contributed by atoms with van der Waals surface area (Å²) in [4.78, 5) is 23.1. The van der Waals surface area contributed by atoms with Crippen LogP contribution in [0.1, 0.15) is 19.3 Å². The van der Waals surface area contributed by atoms with Crippen LogP contribution in [-0.2, 0) is 4.79 Å². The Labute approximate surface area is 88.5 Å². The molecule has 0 saturated carbocycles. The van der Waals surface area contributed by atoms with E-state index in [0.29, 0.717) is 18.9 Å². The molecule has 1 aliphatic heterocycles. The van der Waals surface area contributed by atoms with E-state index in [4.69, 9.17) is 10.8 Å². The van der Waals surface area contributed by atoms with Gasteiger partial charge in [-0.1, -0.05) is 6.08 Å². The van der Waals surface area contributed by atoms with E-state index in [0.717, 1.165) is 17.7 Å². The fraction of sp³-hybridized carbons (Fsp3) is 0.600. The number of carbonyl (C=O) groups is 2. The molecule has 0 bridgehead atoms. The molecule has 0 aromatic carbocycles. The average molecular weight is 212 g/mol. The van der Waals surface area contributed by atoms with Crippen LogP contribution in [0.2, 0.25) is 0 Å². The minimum Gasteiger partial charge on any atom is -0.465 e. The average Bonchev–Trinajstić information content (AvgIpc) is 2.17. The number of allylic oxidation sites excluding steroid dienone is 1. The summed E-state index contributed by atoms with van der Waals surface area (Å²) in [5, 5.41) is 8.87. The molecular formula is C10H16N2O3. The molecule has 0 aliphatic carbocycles. The predicted octanol–water partition coefficient (Wildman–Crippen LogP) is 0.806. The summed E-state index contributed by atoms with van der Waals surface area (Å²) >= 11 is 0. The Balaban J connectivity index is 2.69. The lowest BCUT2D eigenvalue weighted by molar-refractivity contribution is -0.124. The highest BCUT2D eigenvalue weighted by Crippen LogP contribution is 2.25. The van der Waals surface area contributed by atoms with Crippen LogP contribution in [0.25, 0.3) is 0 Å². The van der Waals surface area contributed by atoms with E-state index in [1.165, 1.54) is 0 Å². The maximum Gasteiger partial charge on any atom is 0.407 e. The van der Waals surface area contributed by atoms with Crippen LogP contribution in [0.4, 0.5) is 4.79 Å². The number of carbonyl (C=O) groups excluding carboxylic acids is 1. The molecule has 15 heavy (non-hydrogen) atoms. The Morgan fingerprint density at radius 3 is 2.73 bits per heavy atom. The molecular weight excluding hydrogens is 196 g/mol. The number of likely N-dealkylation sites (tertiary alicyclic amines) is 1. The molecule has 0 aromatic heterocycles. The maximum absolute atomic E-state index is 11.1. The van der Waals surface area contributed by atoms with Crippen molar-refractivity contribution in [1.29, 1.82) is 0 Å². The SMILES string of the molecule is C=CCC1CCN(C(=O)O)C(C(N)=O)C1. The van der Waals surface area contributed by atoms with Gasteiger partial charge in [-0.3, -0.25) is 9.69 Å². The first-order valence-corrected chi connectivity index (χ1v) is 4.96. The minimum absolute atomic E-state index is 0.315. The number of rotatable bonds is 3. The summed E-state index contributed by atoms with van der Waals surface area (Å²) in [6.45, 7) is 4.01. The van der Waals surface area contributed by atoms with E-state index >= 15 is 0 Å². The Morgan fingerprint density at radius 1 is 1.60 bits per heavy atom. The van der Waals surface area contributed by atoms with Gasteiger partial charge in [0.25, 0.3) is 0 Å². The Bertz CT molecular complexity index is 278. The second-order valence-corrected chi connectivity index (χ2v) is 3.81. The first-order chi connectivity index (χ1) is 7.06. The van der Waals surface area contributed by atoms with Gasteiger partial charge in [-0.2, -0.15) is 0 Å². The number of nitrogens with two attached hydrogens (primary N) is 1. The molecule has 1 fully saturated rings. The number of hydrogen-bond acceptors (Lipinski definition) is 2. The first-order valence-electron chi connectivity index (χ1n) is 4.96. The quantitative estimate of drug-likeness (QED) is 0.679. The second-order valence-electron chi connectivity index (χ2n) is 3.81. The van der Waals surface area contributed by atoms with Crippen LogP contribution in [0, 0.1) is 5.92 Å². The van der Waals surface area contributed by atoms with E-state index < -0.39 is 18.0 Å². The Kier molecular flexibility index (Phi) is 3.71. The van der Waals surface area contributed by atoms with Crippen LogP contribution >= 0.6 is 0 Å². The number of carboxylic acid groups (broad SMARTS) is 1. The molecule has 0 radical (unpaired) electrons. The lowest BCUT2D eigenvalue weighted by Crippen LogP contribution is -2.51. The number of primary amides is 1. The summed E-state index contributed by atoms with van der Waals surface area (Å²) in [6.07, 6.45) is 2.79. The van der Waals surface area contributed by atoms with Gasteiger partial charge in [0.1, 0.15) is 6.04 Å². The molecule has 1 aliphatic rings. The largest absolute Gasteiger partial charge is 0.465 e. The van der Waals surface area contributed by atoms with Crippen molar-refractivity contribution in [1.82, 2.24) is 4.90 Å². The zero-order valence-electron chi connectivity index (χ0n) is 8.56. The number of nitrogens with zero attached hydrogens (tertiary/aromatic N) is 1. The molecule has 3 N–H and O–H groups in total. The van der Waals surface area contributed by atoms with Crippen molar-refractivity contribution in [3.8, 4) is 0 Å². The van der Waals surface area contributed by atoms with Gasteiger partial charge in [-0.05, 0) is 25.2 Å². The predicted molar refractivity (Wildman–Crippen MR) is 55.3 cm³/mol. The van der Waals surface area contributed by atoms with Crippen molar-refractivity contribution < 1.29 is 14.7 Å². The lowest BCUT2D eigenvalue weighted by Gasteiger charge is -2.35. The van der Waals surface area contributed by atoms with Crippen molar-refractivity contribution in [3.05, 3.63) is 12.7 Å². The third-order valence-electron chi connectivity index (χ3n) is 2.79. The molecule has 1 saturated heterocycles. The highest BCUT2D eigenvalue weighted by Gasteiger charge is 2.34. The monoisotopic (exact) mass is 212 g/mol. The zero-order chi connectivity index (χ0) is 11.4. The fourth-order valence-corrected chi connectivity index (χ4v) is 1.99. The van der Waals surface area contributed by atoms with E-state index in [1.54, 1.807) is 6.08 Å². The van der Waals surface area contributed by atoms with Crippen molar-refractivity contribution in [2.45, 2.75) is 25.3 Å². The minimum atomic E-state index is -1.07. The molecule has 2 unspecified atom stereocenters. The Morgan fingerprint density at radius 2 is 2.27 bits per heavy atom. The summed E-state index contributed by atoms with van der Waals surface area (Å²) in [6, 6.07) is -0.679. The summed E-state index contributed by atoms with van der Waals surface area (Å²) < 4.78 is 0. The van der Waals surface area contributed by atoms with Crippen molar-refractivity contribution in [2.24, 2.45) is 11.7 Å². The second kappa shape index (κ2) is 4.82. The van der Waals surface area contributed by atoms with Crippen molar-refractivity contribution in [3.63, 3.8) is 0 Å². The van der Waals surface area contributed by atoms with Crippen LogP contribution in [0.3, 0.4) is 0 Å². The molecule has 84 valence electrons. The van der Waals surface area contributed by atoms with Crippen LogP contribution in [-0.4, -0.2) is 34.6 Å². The van der Waals surface area contributed by atoms with Gasteiger partial charge >= 0.3 is 6.09 Å². The maximum atomic E-state index is 11.1. The number of amides is 2. The number of piperidine rings is 1. The molecule has 5 nitrogen and oxygen atoms in total. The fourth-order valence-electron chi connectivity index (χ4n) is 1.99. The van der Waals surface area contributed by atoms with E-state index in [2.05, 4.69) is 6.58 Å². The first kappa shape index (κ1) is 11.6. The van der Waals surface area contributed by atoms with Gasteiger partial charge in [-0.15, -0.1) is 6.58 Å². The topological polar surface area (TPSA) is 83.6 Å². The third kappa shape index (κ3) is 2.71. The highest BCUT2D eigenvalue weighted by molar-refractivity contribution is 5.84. The van der Waals surface area contributed by atoms with Gasteiger partial charge in [0.2, 0.25) is 5.91 Å². The molecule has 2 atom stereocenters. The van der Waals surface area contributed by atoms with Crippen LogP contribution in [0.15, 0.2) is 12.7 Å². The van der Waals surface area contributed by atoms with Gasteiger partial charge in [0, 0.05) is 6.54 Å². The molecule has 0 aromatic rings. The zero-order valence-corrected chi connectivity index (χ0v) is 8.56. The molecule has 0 spiro atoms. The summed E-state index contributed by atoms with van der Waals surface area (Å²) in [7, 11) is 0.